The van der Waals surface area contributed by atoms with Gasteiger partial charge in [-0.1, -0.05) is 382 Å². The standard InChI is InChI=1S/2C64H41N7/c1-5-19-40(20-6-1)60-65-55(39-56(66-60)46-27-13-16-30-51(46)64-67-54-31-17-18-32-57(54)71(64)45-25-11-4-12-26-45)43-33-35-49-52(37-43)58-47-28-14-15-29-48(47)59(49)53-38-44(34-36-50(53)58)63-69-61(41-21-7-2-8-22-41)68-62(70-63)42-23-9-3-10-24-42;1-5-18-40(19-6-1)60-65-55(43-24-17-25-46(36-43)64-67-54-30-15-16-31-57(54)71(64)47-26-11-4-12-27-47)39-56(66-60)44-32-34-50-52(37-44)58-48-28-13-14-29-49(48)59(50)53-38-45(33-35-51(53)58)63-69-61(41-20-7-2-8-21-41)68-62(70-63)42-22-9-3-10-23-42/h2*1-39,58-59H. The molecular formula is C128H82N14. The van der Waals surface area contributed by atoms with Gasteiger partial charge in [-0.2, -0.15) is 0 Å². The second-order valence-electron chi connectivity index (χ2n) is 36.4. The van der Waals surface area contributed by atoms with Crippen molar-refractivity contribution < 1.29 is 0 Å². The third-order valence-corrected chi connectivity index (χ3v) is 28.1. The molecule has 14 heteroatoms. The average Bonchev–Trinajstić information content (AvgIpc) is 0.778. The summed E-state index contributed by atoms with van der Waals surface area (Å²) in [4.78, 5) is 62.1. The number of rotatable bonds is 16. The first-order chi connectivity index (χ1) is 70.4. The van der Waals surface area contributed by atoms with Crippen molar-refractivity contribution in [1.82, 2.24) is 68.9 Å². The predicted molar refractivity (Wildman–Crippen MR) is 566 cm³/mol. The first-order valence-electron chi connectivity index (χ1n) is 48.0. The van der Waals surface area contributed by atoms with Crippen LogP contribution < -0.4 is 0 Å². The molecule has 6 aliphatic carbocycles. The van der Waals surface area contributed by atoms with Gasteiger partial charge < -0.3 is 0 Å². The van der Waals surface area contributed by atoms with Crippen LogP contribution in [-0.2, 0) is 0 Å². The van der Waals surface area contributed by atoms with Crippen LogP contribution in [0, 0.1) is 0 Å². The summed E-state index contributed by atoms with van der Waals surface area (Å²) in [6.07, 6.45) is 0. The summed E-state index contributed by atoms with van der Waals surface area (Å²) >= 11 is 0. The number of hydrogen-bond acceptors (Lipinski definition) is 12. The fourth-order valence-corrected chi connectivity index (χ4v) is 21.6. The van der Waals surface area contributed by atoms with Crippen molar-refractivity contribution in [2.75, 3.05) is 0 Å². The Balaban J connectivity index is 0.000000142. The fourth-order valence-electron chi connectivity index (χ4n) is 21.6. The van der Waals surface area contributed by atoms with Crippen molar-refractivity contribution in [3.8, 4) is 170 Å². The van der Waals surface area contributed by atoms with E-state index in [1.54, 1.807) is 0 Å². The molecule has 0 saturated heterocycles. The van der Waals surface area contributed by atoms with E-state index in [9.17, 15) is 0 Å². The predicted octanol–water partition coefficient (Wildman–Crippen LogP) is 29.3. The van der Waals surface area contributed by atoms with Crippen LogP contribution in [0.2, 0.25) is 0 Å². The van der Waals surface area contributed by atoms with Crippen molar-refractivity contribution in [1.29, 1.82) is 0 Å². The number of aromatic nitrogens is 14. The van der Waals surface area contributed by atoms with Gasteiger partial charge >= 0.3 is 0 Å². The zero-order chi connectivity index (χ0) is 93.7. The summed E-state index contributed by atoms with van der Waals surface area (Å²) in [6.45, 7) is 0. The van der Waals surface area contributed by atoms with E-state index in [2.05, 4.69) is 349 Å². The van der Waals surface area contributed by atoms with Gasteiger partial charge in [0.15, 0.2) is 46.6 Å². The van der Waals surface area contributed by atoms with E-state index in [0.29, 0.717) is 46.6 Å². The van der Waals surface area contributed by atoms with Crippen LogP contribution >= 0.6 is 0 Å². The van der Waals surface area contributed by atoms with E-state index in [1.807, 2.05) is 133 Å². The van der Waals surface area contributed by atoms with Crippen LogP contribution in [0.4, 0.5) is 0 Å². The molecule has 0 aliphatic heterocycles. The Morgan fingerprint density at radius 3 is 0.761 bits per heavy atom. The van der Waals surface area contributed by atoms with E-state index in [1.165, 1.54) is 66.8 Å². The summed E-state index contributed by atoms with van der Waals surface area (Å²) in [5.74, 6) is 7.07. The third kappa shape index (κ3) is 14.6. The molecule has 0 radical (unpaired) electrons. The molecule has 0 amide bonds. The monoisotopic (exact) mass is 1810 g/mol. The van der Waals surface area contributed by atoms with Gasteiger partial charge in [-0.15, -0.1) is 0 Å². The summed E-state index contributed by atoms with van der Waals surface area (Å²) in [5.41, 5.74) is 38.8. The maximum atomic E-state index is 5.35. The van der Waals surface area contributed by atoms with Crippen LogP contribution in [-0.4, -0.2) is 68.9 Å². The summed E-state index contributed by atoms with van der Waals surface area (Å²) < 4.78 is 4.49. The first kappa shape index (κ1) is 82.5. The number of para-hydroxylation sites is 6. The molecule has 0 N–H and O–H groups in total. The number of benzene rings is 18. The molecule has 0 spiro atoms. The van der Waals surface area contributed by atoms with E-state index < -0.39 is 0 Å². The van der Waals surface area contributed by atoms with Crippen LogP contribution in [0.3, 0.4) is 0 Å². The number of fused-ring (bicyclic) bond motifs is 2. The molecule has 24 aromatic rings. The quantitative estimate of drug-likeness (QED) is 0.0900. The smallest absolute Gasteiger partial charge is 0.164 e. The highest BCUT2D eigenvalue weighted by molar-refractivity contribution is 5.91. The molecule has 14 nitrogen and oxygen atoms in total. The third-order valence-electron chi connectivity index (χ3n) is 28.1. The van der Waals surface area contributed by atoms with Gasteiger partial charge in [-0.3, -0.25) is 9.13 Å². The topological polar surface area (TPSA) is 165 Å². The Kier molecular flexibility index (Phi) is 20.2. The molecule has 18 aromatic carbocycles. The minimum Gasteiger partial charge on any atom is -0.292 e. The summed E-state index contributed by atoms with van der Waals surface area (Å²) in [6, 6.07) is 166. The highest BCUT2D eigenvalue weighted by atomic mass is 15.1. The Hall–Kier alpha value is -18.9. The molecule has 664 valence electrons. The first-order valence-corrected chi connectivity index (χ1v) is 48.0. The van der Waals surface area contributed by atoms with E-state index in [-0.39, 0.29) is 23.7 Å². The summed E-state index contributed by atoms with van der Waals surface area (Å²) in [5, 5.41) is 0. The molecular weight excluding hydrogens is 1730 g/mol. The molecule has 6 aromatic heterocycles. The van der Waals surface area contributed by atoms with Gasteiger partial charge in [0.05, 0.1) is 44.8 Å². The molecule has 6 heterocycles. The second-order valence-corrected chi connectivity index (χ2v) is 36.4. The van der Waals surface area contributed by atoms with Gasteiger partial charge in [0.2, 0.25) is 0 Å². The Morgan fingerprint density at radius 2 is 0.387 bits per heavy atom. The highest BCUT2D eigenvalue weighted by Gasteiger charge is 2.44. The van der Waals surface area contributed by atoms with Gasteiger partial charge in [0, 0.05) is 113 Å². The second kappa shape index (κ2) is 34.7. The lowest BCUT2D eigenvalue weighted by molar-refractivity contribution is 0.754. The van der Waals surface area contributed by atoms with E-state index >= 15 is 0 Å². The van der Waals surface area contributed by atoms with Gasteiger partial charge in [-0.05, 0) is 158 Å². The molecule has 0 saturated carbocycles. The number of imidazole rings is 2. The van der Waals surface area contributed by atoms with Crippen molar-refractivity contribution in [2.24, 2.45) is 0 Å². The van der Waals surface area contributed by atoms with E-state index in [4.69, 9.17) is 59.8 Å². The minimum atomic E-state index is 0.0231. The van der Waals surface area contributed by atoms with Crippen LogP contribution in [0.5, 0.6) is 0 Å². The maximum Gasteiger partial charge on any atom is 0.164 e. The Labute approximate surface area is 819 Å². The van der Waals surface area contributed by atoms with Gasteiger partial charge in [0.25, 0.3) is 0 Å². The maximum absolute atomic E-state index is 5.35. The molecule has 30 rings (SSSR count). The van der Waals surface area contributed by atoms with E-state index in [0.717, 1.165) is 146 Å². The van der Waals surface area contributed by atoms with Crippen LogP contribution in [0.25, 0.3) is 192 Å². The number of hydrogen-bond donors (Lipinski definition) is 0. The normalized spacial score (nSPS) is 14.2. The van der Waals surface area contributed by atoms with Crippen molar-refractivity contribution in [2.45, 2.75) is 23.7 Å². The van der Waals surface area contributed by atoms with Crippen molar-refractivity contribution in [3.05, 3.63) is 540 Å². The average molecular weight is 1820 g/mol. The van der Waals surface area contributed by atoms with Gasteiger partial charge in [-0.25, -0.2) is 59.8 Å². The van der Waals surface area contributed by atoms with Gasteiger partial charge in [0.1, 0.15) is 11.6 Å². The molecule has 4 unspecified atom stereocenters. The number of nitrogens with zero attached hydrogens (tertiary/aromatic N) is 14. The molecule has 142 heavy (non-hydrogen) atoms. The molecule has 4 atom stereocenters. The zero-order valence-electron chi connectivity index (χ0n) is 76.6. The molecule has 0 fully saturated rings. The summed E-state index contributed by atoms with van der Waals surface area (Å²) in [7, 11) is 0. The molecule has 4 bridgehead atoms. The Morgan fingerprint density at radius 1 is 0.141 bits per heavy atom. The lowest BCUT2D eigenvalue weighted by Gasteiger charge is -2.42. The highest BCUT2D eigenvalue weighted by Crippen LogP contribution is 2.59. The zero-order valence-corrected chi connectivity index (χ0v) is 76.6. The van der Waals surface area contributed by atoms with Crippen molar-refractivity contribution in [3.63, 3.8) is 0 Å². The lowest BCUT2D eigenvalue weighted by atomic mass is 9.60. The fraction of sp³-hybridized carbons (Fsp3) is 0.0312. The molecule has 6 aliphatic rings. The minimum absolute atomic E-state index is 0.0231. The largest absolute Gasteiger partial charge is 0.292 e. The SMILES string of the molecule is c1ccc(-c2nc(-c3ccc4c(c3)C3c5ccccc5C4c4cc(-c5nc(-c6ccccc6)nc(-c6ccccc6)n5)ccc43)cc(-c3ccccc3-c3nc4ccccc4n3-c3ccccc3)n2)cc1.c1ccc(-c2nc(-c3cccc(-c4nc5ccccc5n4-c4ccccc4)c3)cc(-c3ccc4c(c3)C3c5ccccc5C4c4cc(-c5nc(-c6ccccc6)nc(-c6ccccc6)n5)ccc43)n2)cc1. The van der Waals surface area contributed by atoms with Crippen LogP contribution in [0.15, 0.2) is 473 Å². The lowest BCUT2D eigenvalue weighted by Crippen LogP contribution is -2.27. The van der Waals surface area contributed by atoms with Crippen LogP contribution in [0.1, 0.15) is 90.4 Å². The van der Waals surface area contributed by atoms with Crippen molar-refractivity contribution >= 4 is 22.1 Å². The Bertz CT molecular complexity index is 8930.